The highest BCUT2D eigenvalue weighted by molar-refractivity contribution is 9.10. The third-order valence-electron chi connectivity index (χ3n) is 2.45. The summed E-state index contributed by atoms with van der Waals surface area (Å²) in [6.45, 7) is 0. The Morgan fingerprint density at radius 1 is 1.20 bits per heavy atom. The van der Waals surface area contributed by atoms with Crippen LogP contribution in [0.5, 0.6) is 0 Å². The minimum atomic E-state index is -3.85. The minimum absolute atomic E-state index is 0.0152. The molecule has 106 valence electrons. The summed E-state index contributed by atoms with van der Waals surface area (Å²) >= 11 is 8.96. The van der Waals surface area contributed by atoms with Gasteiger partial charge in [-0.3, -0.25) is 4.72 Å². The Hall–Kier alpha value is -1.31. The quantitative estimate of drug-likeness (QED) is 0.800. The average Bonchev–Trinajstić information content (AvgIpc) is 2.36. The van der Waals surface area contributed by atoms with Gasteiger partial charge >= 0.3 is 0 Å². The Labute approximate surface area is 128 Å². The molecule has 0 spiro atoms. The van der Waals surface area contributed by atoms with E-state index in [4.69, 9.17) is 17.3 Å². The van der Waals surface area contributed by atoms with Crippen molar-refractivity contribution in [2.75, 3.05) is 10.5 Å². The van der Waals surface area contributed by atoms with Crippen LogP contribution in [0.3, 0.4) is 0 Å². The largest absolute Gasteiger partial charge is 0.398 e. The van der Waals surface area contributed by atoms with Crippen molar-refractivity contribution in [1.82, 2.24) is 0 Å². The third-order valence-corrected chi connectivity index (χ3v) is 4.85. The van der Waals surface area contributed by atoms with Gasteiger partial charge in [0.15, 0.2) is 0 Å². The molecule has 20 heavy (non-hydrogen) atoms. The molecule has 2 aromatic carbocycles. The van der Waals surface area contributed by atoms with E-state index in [1.54, 1.807) is 0 Å². The van der Waals surface area contributed by atoms with E-state index in [1.807, 2.05) is 0 Å². The van der Waals surface area contributed by atoms with E-state index >= 15 is 0 Å². The second kappa shape index (κ2) is 5.59. The Bertz CT molecular complexity index is 768. The molecule has 0 aliphatic heterocycles. The fraction of sp³-hybridized carbons (Fsp3) is 0. The summed E-state index contributed by atoms with van der Waals surface area (Å²) in [5, 5.41) is -0.0290. The van der Waals surface area contributed by atoms with Crippen molar-refractivity contribution in [3.05, 3.63) is 51.7 Å². The van der Waals surface area contributed by atoms with Gasteiger partial charge in [0.2, 0.25) is 0 Å². The molecule has 0 unspecified atom stereocenters. The maximum absolute atomic E-state index is 12.9. The topological polar surface area (TPSA) is 72.2 Å². The van der Waals surface area contributed by atoms with E-state index in [1.165, 1.54) is 24.3 Å². The zero-order valence-electron chi connectivity index (χ0n) is 9.90. The van der Waals surface area contributed by atoms with Crippen LogP contribution in [0, 0.1) is 5.82 Å². The van der Waals surface area contributed by atoms with Gasteiger partial charge < -0.3 is 5.73 Å². The second-order valence-corrected chi connectivity index (χ2v) is 6.86. The molecule has 0 saturated carbocycles. The lowest BCUT2D eigenvalue weighted by Crippen LogP contribution is -2.13. The van der Waals surface area contributed by atoms with Crippen LogP contribution in [-0.4, -0.2) is 8.42 Å². The number of nitrogen functional groups attached to an aromatic ring is 1. The summed E-state index contributed by atoms with van der Waals surface area (Å²) in [6, 6.07) is 7.60. The van der Waals surface area contributed by atoms with Crippen LogP contribution in [0.2, 0.25) is 5.02 Å². The van der Waals surface area contributed by atoms with Crippen molar-refractivity contribution in [2.24, 2.45) is 0 Å². The number of sulfonamides is 1. The van der Waals surface area contributed by atoms with E-state index in [0.29, 0.717) is 4.47 Å². The Balaban J connectivity index is 2.38. The lowest BCUT2D eigenvalue weighted by molar-refractivity contribution is 0.601. The van der Waals surface area contributed by atoms with Crippen LogP contribution in [-0.2, 0) is 10.0 Å². The number of rotatable bonds is 3. The molecule has 0 fully saturated rings. The number of nitrogens with two attached hydrogens (primary N) is 1. The Kier molecular flexibility index (Phi) is 4.22. The van der Waals surface area contributed by atoms with Crippen molar-refractivity contribution < 1.29 is 12.8 Å². The smallest absolute Gasteiger partial charge is 0.262 e. The maximum Gasteiger partial charge on any atom is 0.262 e. The summed E-state index contributed by atoms with van der Waals surface area (Å²) in [5.74, 6) is -0.550. The first-order valence-electron chi connectivity index (χ1n) is 5.32. The van der Waals surface area contributed by atoms with Gasteiger partial charge in [-0.15, -0.1) is 0 Å². The van der Waals surface area contributed by atoms with Crippen molar-refractivity contribution in [3.8, 4) is 0 Å². The summed E-state index contributed by atoms with van der Waals surface area (Å²) < 4.78 is 40.1. The molecule has 0 saturated heterocycles. The van der Waals surface area contributed by atoms with Crippen molar-refractivity contribution in [2.45, 2.75) is 4.90 Å². The predicted octanol–water partition coefficient (Wildman–Crippen LogP) is 3.62. The molecular weight excluding hydrogens is 371 g/mol. The summed E-state index contributed by atoms with van der Waals surface area (Å²) in [5.41, 5.74) is 6.03. The molecule has 2 aromatic rings. The fourth-order valence-electron chi connectivity index (χ4n) is 1.46. The van der Waals surface area contributed by atoms with Crippen LogP contribution in [0.15, 0.2) is 45.8 Å². The third kappa shape index (κ3) is 3.23. The van der Waals surface area contributed by atoms with E-state index in [2.05, 4.69) is 20.7 Å². The van der Waals surface area contributed by atoms with Crippen LogP contribution >= 0.6 is 27.5 Å². The molecule has 0 bridgehead atoms. The molecule has 4 nitrogen and oxygen atoms in total. The predicted molar refractivity (Wildman–Crippen MR) is 80.8 cm³/mol. The lowest BCUT2D eigenvalue weighted by atomic mass is 10.3. The zero-order valence-corrected chi connectivity index (χ0v) is 13.1. The van der Waals surface area contributed by atoms with Gasteiger partial charge in [0, 0.05) is 10.2 Å². The van der Waals surface area contributed by atoms with E-state index in [0.717, 1.165) is 12.1 Å². The molecule has 0 aliphatic carbocycles. The van der Waals surface area contributed by atoms with Crippen molar-refractivity contribution in [1.29, 1.82) is 0 Å². The number of hydrogen-bond acceptors (Lipinski definition) is 3. The summed E-state index contributed by atoms with van der Waals surface area (Å²) in [6.07, 6.45) is 0. The van der Waals surface area contributed by atoms with Gasteiger partial charge in [-0.25, -0.2) is 12.8 Å². The average molecular weight is 380 g/mol. The molecule has 3 N–H and O–H groups in total. The summed E-state index contributed by atoms with van der Waals surface area (Å²) in [4.78, 5) is -0.0152. The Morgan fingerprint density at radius 3 is 2.50 bits per heavy atom. The fourth-order valence-corrected chi connectivity index (χ4v) is 3.10. The first-order chi connectivity index (χ1) is 9.29. The number of anilines is 2. The van der Waals surface area contributed by atoms with Gasteiger partial charge in [-0.05, 0) is 52.3 Å². The number of nitrogens with one attached hydrogen (secondary N) is 1. The lowest BCUT2D eigenvalue weighted by Gasteiger charge is -2.10. The molecule has 0 aliphatic rings. The van der Waals surface area contributed by atoms with Gasteiger partial charge in [0.1, 0.15) is 5.82 Å². The highest BCUT2D eigenvalue weighted by Crippen LogP contribution is 2.27. The molecule has 0 atom stereocenters. The normalized spacial score (nSPS) is 11.3. The number of benzene rings is 2. The van der Waals surface area contributed by atoms with Gasteiger partial charge in [-0.2, -0.15) is 0 Å². The van der Waals surface area contributed by atoms with E-state index in [-0.39, 0.29) is 21.3 Å². The number of halogens is 3. The Morgan fingerprint density at radius 2 is 1.90 bits per heavy atom. The first-order valence-corrected chi connectivity index (χ1v) is 7.98. The first kappa shape index (κ1) is 15.1. The van der Waals surface area contributed by atoms with Crippen LogP contribution < -0.4 is 10.5 Å². The molecule has 0 radical (unpaired) electrons. The van der Waals surface area contributed by atoms with E-state index < -0.39 is 15.8 Å². The molecular formula is C12H9BrClFN2O2S. The standard InChI is InChI=1S/C12H9BrClFN2O2S/c13-9-3-2-8(6-11(9)16)20(18,19)17-12-4-1-7(15)5-10(12)14/h1-6,17H,16H2. The van der Waals surface area contributed by atoms with E-state index in [9.17, 15) is 12.8 Å². The molecule has 0 aromatic heterocycles. The second-order valence-electron chi connectivity index (χ2n) is 3.91. The molecule has 2 rings (SSSR count). The van der Waals surface area contributed by atoms with Crippen LogP contribution in [0.25, 0.3) is 0 Å². The highest BCUT2D eigenvalue weighted by Gasteiger charge is 2.17. The van der Waals surface area contributed by atoms with Crippen LogP contribution in [0.4, 0.5) is 15.8 Å². The summed E-state index contributed by atoms with van der Waals surface area (Å²) in [7, 11) is -3.85. The SMILES string of the molecule is Nc1cc(S(=O)(=O)Nc2ccc(F)cc2Cl)ccc1Br. The highest BCUT2D eigenvalue weighted by atomic mass is 79.9. The molecule has 8 heteroatoms. The van der Waals surface area contributed by atoms with Gasteiger partial charge in [0.25, 0.3) is 10.0 Å². The maximum atomic E-state index is 12.9. The molecule has 0 heterocycles. The zero-order chi connectivity index (χ0) is 14.9. The number of hydrogen-bond donors (Lipinski definition) is 2. The van der Waals surface area contributed by atoms with Gasteiger partial charge in [0.05, 0.1) is 15.6 Å². The minimum Gasteiger partial charge on any atom is -0.398 e. The van der Waals surface area contributed by atoms with Crippen molar-refractivity contribution >= 4 is 48.9 Å². The molecule has 0 amide bonds. The van der Waals surface area contributed by atoms with Crippen molar-refractivity contribution in [3.63, 3.8) is 0 Å². The van der Waals surface area contributed by atoms with Crippen LogP contribution in [0.1, 0.15) is 0 Å². The van der Waals surface area contributed by atoms with Gasteiger partial charge in [-0.1, -0.05) is 11.6 Å². The monoisotopic (exact) mass is 378 g/mol.